The molecule has 6 heteroatoms. The van der Waals surface area contributed by atoms with Crippen molar-refractivity contribution in [2.75, 3.05) is 20.1 Å². The SMILES string of the molecule is Cc1ccc(-c2ccc(=O)n(CCC(=O)NCCN(C)Cc3ccccc3)n2)cc1. The van der Waals surface area contributed by atoms with Crippen molar-refractivity contribution < 1.29 is 4.79 Å². The normalized spacial score (nSPS) is 10.9. The average Bonchev–Trinajstić information content (AvgIpc) is 2.74. The van der Waals surface area contributed by atoms with E-state index in [0.29, 0.717) is 6.54 Å². The van der Waals surface area contributed by atoms with E-state index in [2.05, 4.69) is 27.4 Å². The summed E-state index contributed by atoms with van der Waals surface area (Å²) >= 11 is 0. The molecule has 0 saturated heterocycles. The van der Waals surface area contributed by atoms with E-state index < -0.39 is 0 Å². The van der Waals surface area contributed by atoms with Crippen molar-refractivity contribution in [1.82, 2.24) is 20.0 Å². The minimum Gasteiger partial charge on any atom is -0.355 e. The van der Waals surface area contributed by atoms with Crippen LogP contribution in [0.1, 0.15) is 17.5 Å². The number of aromatic nitrogens is 2. The zero-order valence-corrected chi connectivity index (χ0v) is 17.5. The second-order valence-electron chi connectivity index (χ2n) is 7.47. The van der Waals surface area contributed by atoms with Gasteiger partial charge in [-0.05, 0) is 25.6 Å². The van der Waals surface area contributed by atoms with Gasteiger partial charge in [-0.15, -0.1) is 0 Å². The van der Waals surface area contributed by atoms with Gasteiger partial charge in [0.2, 0.25) is 5.91 Å². The molecule has 0 atom stereocenters. The Morgan fingerprint density at radius 2 is 1.77 bits per heavy atom. The summed E-state index contributed by atoms with van der Waals surface area (Å²) in [6, 6.07) is 21.4. The first-order valence-electron chi connectivity index (χ1n) is 10.2. The molecule has 0 unspecified atom stereocenters. The first kappa shape index (κ1) is 21.5. The Kier molecular flexibility index (Phi) is 7.51. The lowest BCUT2D eigenvalue weighted by Crippen LogP contribution is -2.34. The largest absolute Gasteiger partial charge is 0.355 e. The van der Waals surface area contributed by atoms with Gasteiger partial charge in [-0.1, -0.05) is 60.2 Å². The molecule has 0 aliphatic rings. The molecule has 1 heterocycles. The van der Waals surface area contributed by atoms with Crippen LogP contribution < -0.4 is 10.9 Å². The Morgan fingerprint density at radius 3 is 2.50 bits per heavy atom. The molecular formula is C24H28N4O2. The number of rotatable bonds is 9. The van der Waals surface area contributed by atoms with Gasteiger partial charge in [0, 0.05) is 37.7 Å². The smallest absolute Gasteiger partial charge is 0.266 e. The van der Waals surface area contributed by atoms with Gasteiger partial charge < -0.3 is 10.2 Å². The second-order valence-corrected chi connectivity index (χ2v) is 7.47. The Hall–Kier alpha value is -3.25. The lowest BCUT2D eigenvalue weighted by atomic mass is 10.1. The first-order valence-corrected chi connectivity index (χ1v) is 10.2. The molecule has 3 aromatic rings. The molecule has 156 valence electrons. The van der Waals surface area contributed by atoms with Gasteiger partial charge in [-0.2, -0.15) is 5.10 Å². The maximum absolute atomic E-state index is 12.2. The second kappa shape index (κ2) is 10.5. The van der Waals surface area contributed by atoms with Crippen molar-refractivity contribution in [1.29, 1.82) is 0 Å². The monoisotopic (exact) mass is 404 g/mol. The van der Waals surface area contributed by atoms with E-state index in [1.807, 2.05) is 56.4 Å². The van der Waals surface area contributed by atoms with Crippen molar-refractivity contribution >= 4 is 5.91 Å². The molecule has 0 spiro atoms. The van der Waals surface area contributed by atoms with E-state index in [0.717, 1.165) is 29.9 Å². The highest BCUT2D eigenvalue weighted by Gasteiger charge is 2.07. The molecule has 1 aromatic heterocycles. The number of amides is 1. The van der Waals surface area contributed by atoms with E-state index in [-0.39, 0.29) is 24.4 Å². The molecule has 6 nitrogen and oxygen atoms in total. The van der Waals surface area contributed by atoms with Gasteiger partial charge in [-0.25, -0.2) is 4.68 Å². The fourth-order valence-corrected chi connectivity index (χ4v) is 3.14. The lowest BCUT2D eigenvalue weighted by molar-refractivity contribution is -0.121. The molecule has 0 radical (unpaired) electrons. The predicted molar refractivity (Wildman–Crippen MR) is 119 cm³/mol. The number of aryl methyl sites for hydroxylation is 2. The molecule has 0 fully saturated rings. The fourth-order valence-electron chi connectivity index (χ4n) is 3.14. The standard InChI is InChI=1S/C24H28N4O2/c1-19-8-10-21(11-9-19)22-12-13-24(30)28(26-22)16-14-23(29)25-15-17-27(2)18-20-6-4-3-5-7-20/h3-13H,14-18H2,1-2H3,(H,25,29). The Bertz CT molecular complexity index is 1010. The molecule has 2 aromatic carbocycles. The van der Waals surface area contributed by atoms with Crippen LogP contribution in [0.25, 0.3) is 11.3 Å². The fraction of sp³-hybridized carbons (Fsp3) is 0.292. The zero-order chi connectivity index (χ0) is 21.3. The molecule has 0 saturated carbocycles. The molecule has 30 heavy (non-hydrogen) atoms. The van der Waals surface area contributed by atoms with Crippen LogP contribution in [-0.4, -0.2) is 40.7 Å². The van der Waals surface area contributed by atoms with E-state index >= 15 is 0 Å². The number of nitrogens with one attached hydrogen (secondary N) is 1. The molecule has 1 N–H and O–H groups in total. The number of hydrogen-bond acceptors (Lipinski definition) is 4. The number of carbonyl (C=O) groups excluding carboxylic acids is 1. The summed E-state index contributed by atoms with van der Waals surface area (Å²) < 4.78 is 1.36. The summed E-state index contributed by atoms with van der Waals surface area (Å²) in [4.78, 5) is 26.5. The number of likely N-dealkylation sites (N-methyl/N-ethyl adjacent to an activating group) is 1. The summed E-state index contributed by atoms with van der Waals surface area (Å²) in [6.45, 7) is 4.43. The number of hydrogen-bond donors (Lipinski definition) is 1. The van der Waals surface area contributed by atoms with Gasteiger partial charge in [0.1, 0.15) is 0 Å². The third-order valence-electron chi connectivity index (χ3n) is 4.88. The third-order valence-corrected chi connectivity index (χ3v) is 4.88. The average molecular weight is 405 g/mol. The number of benzene rings is 2. The van der Waals surface area contributed by atoms with Gasteiger partial charge in [-0.3, -0.25) is 9.59 Å². The first-order chi connectivity index (χ1) is 14.5. The van der Waals surface area contributed by atoms with Crippen LogP contribution in [0.2, 0.25) is 0 Å². The highest BCUT2D eigenvalue weighted by molar-refractivity contribution is 5.75. The molecule has 1 amide bonds. The van der Waals surface area contributed by atoms with Gasteiger partial charge in [0.05, 0.1) is 12.2 Å². The van der Waals surface area contributed by atoms with Crippen molar-refractivity contribution in [3.05, 3.63) is 88.2 Å². The third kappa shape index (κ3) is 6.39. The number of nitrogens with zero attached hydrogens (tertiary/aromatic N) is 3. The highest BCUT2D eigenvalue weighted by atomic mass is 16.2. The van der Waals surface area contributed by atoms with Crippen LogP contribution in [0, 0.1) is 6.92 Å². The Morgan fingerprint density at radius 1 is 1.03 bits per heavy atom. The molecule has 0 bridgehead atoms. The zero-order valence-electron chi connectivity index (χ0n) is 17.5. The van der Waals surface area contributed by atoms with Crippen LogP contribution in [0.4, 0.5) is 0 Å². The minimum atomic E-state index is -0.207. The summed E-state index contributed by atoms with van der Waals surface area (Å²) in [5.41, 5.74) is 3.86. The molecule has 0 aliphatic heterocycles. The number of carbonyl (C=O) groups is 1. The maximum atomic E-state index is 12.2. The van der Waals surface area contributed by atoms with Gasteiger partial charge >= 0.3 is 0 Å². The predicted octanol–water partition coefficient (Wildman–Crippen LogP) is 2.86. The van der Waals surface area contributed by atoms with Crippen LogP contribution in [0.5, 0.6) is 0 Å². The molecular weight excluding hydrogens is 376 g/mol. The van der Waals surface area contributed by atoms with E-state index in [1.165, 1.54) is 16.3 Å². The van der Waals surface area contributed by atoms with E-state index in [9.17, 15) is 9.59 Å². The molecule has 0 aliphatic carbocycles. The van der Waals surface area contributed by atoms with Crippen molar-refractivity contribution in [2.24, 2.45) is 0 Å². The van der Waals surface area contributed by atoms with Crippen LogP contribution in [-0.2, 0) is 17.9 Å². The Labute approximate surface area is 177 Å². The van der Waals surface area contributed by atoms with E-state index in [4.69, 9.17) is 0 Å². The van der Waals surface area contributed by atoms with Crippen LogP contribution in [0.15, 0.2) is 71.5 Å². The minimum absolute atomic E-state index is 0.0856. The molecule has 3 rings (SSSR count). The van der Waals surface area contributed by atoms with Crippen molar-refractivity contribution in [3.8, 4) is 11.3 Å². The van der Waals surface area contributed by atoms with Gasteiger partial charge in [0.15, 0.2) is 0 Å². The highest BCUT2D eigenvalue weighted by Crippen LogP contribution is 2.15. The maximum Gasteiger partial charge on any atom is 0.266 e. The Balaban J connectivity index is 1.46. The van der Waals surface area contributed by atoms with Gasteiger partial charge in [0.25, 0.3) is 5.56 Å². The van der Waals surface area contributed by atoms with E-state index in [1.54, 1.807) is 6.07 Å². The summed E-state index contributed by atoms with van der Waals surface area (Å²) in [5, 5.41) is 7.33. The topological polar surface area (TPSA) is 67.2 Å². The van der Waals surface area contributed by atoms with Crippen LogP contribution in [0.3, 0.4) is 0 Å². The van der Waals surface area contributed by atoms with Crippen LogP contribution >= 0.6 is 0 Å². The summed E-state index contributed by atoms with van der Waals surface area (Å²) in [6.07, 6.45) is 0.215. The summed E-state index contributed by atoms with van der Waals surface area (Å²) in [7, 11) is 2.03. The summed E-state index contributed by atoms with van der Waals surface area (Å²) in [5.74, 6) is -0.0856. The van der Waals surface area contributed by atoms with Crippen molar-refractivity contribution in [2.45, 2.75) is 26.4 Å². The van der Waals surface area contributed by atoms with Crippen molar-refractivity contribution in [3.63, 3.8) is 0 Å². The lowest BCUT2D eigenvalue weighted by Gasteiger charge is -2.17. The quantitative estimate of drug-likeness (QED) is 0.596.